The van der Waals surface area contributed by atoms with E-state index in [2.05, 4.69) is 0 Å². The summed E-state index contributed by atoms with van der Waals surface area (Å²) in [5, 5.41) is 10.9. The van der Waals surface area contributed by atoms with Gasteiger partial charge in [0.15, 0.2) is 0 Å². The number of rotatable bonds is 5. The van der Waals surface area contributed by atoms with Crippen molar-refractivity contribution in [3.63, 3.8) is 0 Å². The van der Waals surface area contributed by atoms with E-state index in [0.717, 1.165) is 0 Å². The second-order valence-corrected chi connectivity index (χ2v) is 6.20. The summed E-state index contributed by atoms with van der Waals surface area (Å²) in [6.07, 6.45) is 0. The first-order valence-corrected chi connectivity index (χ1v) is 7.52. The number of hydrogen-bond donors (Lipinski definition) is 0. The third kappa shape index (κ3) is 2.96. The van der Waals surface area contributed by atoms with Crippen LogP contribution in [0.25, 0.3) is 0 Å². The van der Waals surface area contributed by atoms with E-state index in [9.17, 15) is 18.3 Å². The predicted molar refractivity (Wildman–Crippen MR) is 70.4 cm³/mol. The third-order valence-electron chi connectivity index (χ3n) is 3.18. The molecule has 0 aromatic heterocycles. The SMILES string of the molecule is CCN(CC)S(=O)(=O)c1cc(C(=O)[O-])cc(C)c1C. The number of carbonyl (C=O) groups is 1. The van der Waals surface area contributed by atoms with E-state index in [1.54, 1.807) is 27.7 Å². The van der Waals surface area contributed by atoms with Gasteiger partial charge in [-0.05, 0) is 42.7 Å². The Hall–Kier alpha value is -1.40. The first kappa shape index (κ1) is 15.7. The van der Waals surface area contributed by atoms with Gasteiger partial charge in [0.25, 0.3) is 0 Å². The highest BCUT2D eigenvalue weighted by atomic mass is 32.2. The van der Waals surface area contributed by atoms with Gasteiger partial charge in [0.05, 0.1) is 10.9 Å². The molecule has 5 nitrogen and oxygen atoms in total. The molecule has 0 radical (unpaired) electrons. The molecule has 0 spiro atoms. The number of aromatic carboxylic acids is 1. The first-order chi connectivity index (χ1) is 8.75. The Morgan fingerprint density at radius 1 is 1.21 bits per heavy atom. The highest BCUT2D eigenvalue weighted by Crippen LogP contribution is 2.24. The first-order valence-electron chi connectivity index (χ1n) is 6.08. The largest absolute Gasteiger partial charge is 0.545 e. The Morgan fingerprint density at radius 3 is 2.16 bits per heavy atom. The van der Waals surface area contributed by atoms with Crippen LogP contribution in [0.1, 0.15) is 35.3 Å². The van der Waals surface area contributed by atoms with E-state index in [0.29, 0.717) is 24.2 Å². The van der Waals surface area contributed by atoms with Crippen molar-refractivity contribution < 1.29 is 18.3 Å². The highest BCUT2D eigenvalue weighted by Gasteiger charge is 2.24. The molecule has 0 aliphatic carbocycles. The average molecular weight is 284 g/mol. The van der Waals surface area contributed by atoms with Gasteiger partial charge in [0.1, 0.15) is 0 Å². The second kappa shape index (κ2) is 5.71. The lowest BCUT2D eigenvalue weighted by Crippen LogP contribution is -2.32. The van der Waals surface area contributed by atoms with Crippen LogP contribution in [0.5, 0.6) is 0 Å². The van der Waals surface area contributed by atoms with Crippen LogP contribution in [0.2, 0.25) is 0 Å². The summed E-state index contributed by atoms with van der Waals surface area (Å²) in [7, 11) is -3.67. The number of sulfonamides is 1. The van der Waals surface area contributed by atoms with Crippen molar-refractivity contribution in [1.29, 1.82) is 0 Å². The van der Waals surface area contributed by atoms with Gasteiger partial charge in [0, 0.05) is 13.1 Å². The van der Waals surface area contributed by atoms with Crippen molar-refractivity contribution in [2.24, 2.45) is 0 Å². The molecule has 0 aliphatic heterocycles. The van der Waals surface area contributed by atoms with Gasteiger partial charge in [-0.15, -0.1) is 0 Å². The predicted octanol–water partition coefficient (Wildman–Crippen LogP) is 0.697. The van der Waals surface area contributed by atoms with Crippen molar-refractivity contribution in [3.8, 4) is 0 Å². The standard InChI is InChI=1S/C13H19NO4S/c1-5-14(6-2)19(17,18)12-8-11(13(15)16)7-9(3)10(12)4/h7-8H,5-6H2,1-4H3,(H,15,16)/p-1. The van der Waals surface area contributed by atoms with Gasteiger partial charge in [0.2, 0.25) is 10.0 Å². The Labute approximate surface area is 113 Å². The van der Waals surface area contributed by atoms with Crippen molar-refractivity contribution >= 4 is 16.0 Å². The molecule has 0 heterocycles. The molecule has 106 valence electrons. The highest BCUT2D eigenvalue weighted by molar-refractivity contribution is 7.89. The normalized spacial score (nSPS) is 11.8. The molecule has 0 saturated carbocycles. The minimum Gasteiger partial charge on any atom is -0.545 e. The number of carbonyl (C=O) groups excluding carboxylic acids is 1. The molecule has 1 rings (SSSR count). The fraction of sp³-hybridized carbons (Fsp3) is 0.462. The molecule has 19 heavy (non-hydrogen) atoms. The quantitative estimate of drug-likeness (QED) is 0.797. The van der Waals surface area contributed by atoms with Gasteiger partial charge in [-0.1, -0.05) is 13.8 Å². The molecule has 0 saturated heterocycles. The van der Waals surface area contributed by atoms with E-state index in [-0.39, 0.29) is 10.5 Å². The lowest BCUT2D eigenvalue weighted by molar-refractivity contribution is -0.255. The maximum absolute atomic E-state index is 12.5. The van der Waals surface area contributed by atoms with E-state index in [4.69, 9.17) is 0 Å². The maximum atomic E-state index is 12.5. The Kier molecular flexibility index (Phi) is 4.70. The monoisotopic (exact) mass is 284 g/mol. The number of carboxylic acids is 1. The molecule has 0 amide bonds. The number of carboxylic acid groups (broad SMARTS) is 1. The number of benzene rings is 1. The molecule has 0 aliphatic rings. The van der Waals surface area contributed by atoms with Crippen LogP contribution >= 0.6 is 0 Å². The molecule has 1 aromatic carbocycles. The van der Waals surface area contributed by atoms with Crippen LogP contribution in [-0.4, -0.2) is 31.8 Å². The zero-order valence-electron chi connectivity index (χ0n) is 11.6. The number of aryl methyl sites for hydroxylation is 1. The molecule has 0 N–H and O–H groups in total. The Balaban J connectivity index is 3.54. The topological polar surface area (TPSA) is 77.5 Å². The Morgan fingerprint density at radius 2 is 1.74 bits per heavy atom. The maximum Gasteiger partial charge on any atom is 0.243 e. The van der Waals surface area contributed by atoms with E-state index < -0.39 is 16.0 Å². The molecule has 0 fully saturated rings. The van der Waals surface area contributed by atoms with Crippen LogP contribution in [0, 0.1) is 13.8 Å². The zero-order valence-corrected chi connectivity index (χ0v) is 12.4. The van der Waals surface area contributed by atoms with Gasteiger partial charge in [-0.3, -0.25) is 0 Å². The summed E-state index contributed by atoms with van der Waals surface area (Å²) in [6.45, 7) is 7.52. The molecular formula is C13H18NO4S-. The lowest BCUT2D eigenvalue weighted by atomic mass is 10.1. The molecular weight excluding hydrogens is 266 g/mol. The van der Waals surface area contributed by atoms with E-state index in [1.165, 1.54) is 16.4 Å². The summed E-state index contributed by atoms with van der Waals surface area (Å²) in [4.78, 5) is 11.0. The van der Waals surface area contributed by atoms with Crippen LogP contribution in [0.3, 0.4) is 0 Å². The summed E-state index contributed by atoms with van der Waals surface area (Å²) in [6, 6.07) is 2.59. The van der Waals surface area contributed by atoms with Crippen LogP contribution in [-0.2, 0) is 10.0 Å². The molecule has 0 atom stereocenters. The minimum absolute atomic E-state index is 0.0374. The zero-order chi connectivity index (χ0) is 14.8. The summed E-state index contributed by atoms with van der Waals surface area (Å²) >= 11 is 0. The molecule has 1 aromatic rings. The average Bonchev–Trinajstić information content (AvgIpc) is 2.33. The summed E-state index contributed by atoms with van der Waals surface area (Å²) in [5.41, 5.74) is 1.07. The molecule has 0 bridgehead atoms. The van der Waals surface area contributed by atoms with E-state index in [1.807, 2.05) is 0 Å². The van der Waals surface area contributed by atoms with Crippen molar-refractivity contribution in [1.82, 2.24) is 4.31 Å². The fourth-order valence-electron chi connectivity index (χ4n) is 1.92. The number of hydrogen-bond acceptors (Lipinski definition) is 4. The van der Waals surface area contributed by atoms with Crippen molar-refractivity contribution in [3.05, 3.63) is 28.8 Å². The van der Waals surface area contributed by atoms with Gasteiger partial charge >= 0.3 is 0 Å². The minimum atomic E-state index is -3.67. The fourth-order valence-corrected chi connectivity index (χ4v) is 3.70. The summed E-state index contributed by atoms with van der Waals surface area (Å²) in [5.74, 6) is -1.38. The van der Waals surface area contributed by atoms with Crippen LogP contribution in [0.15, 0.2) is 17.0 Å². The van der Waals surface area contributed by atoms with Crippen LogP contribution < -0.4 is 5.11 Å². The van der Waals surface area contributed by atoms with Gasteiger partial charge in [-0.2, -0.15) is 4.31 Å². The van der Waals surface area contributed by atoms with Gasteiger partial charge < -0.3 is 9.90 Å². The van der Waals surface area contributed by atoms with E-state index >= 15 is 0 Å². The second-order valence-electron chi connectivity index (χ2n) is 4.29. The van der Waals surface area contributed by atoms with Crippen molar-refractivity contribution in [2.75, 3.05) is 13.1 Å². The van der Waals surface area contributed by atoms with Gasteiger partial charge in [-0.25, -0.2) is 8.42 Å². The molecule has 6 heteroatoms. The lowest BCUT2D eigenvalue weighted by Gasteiger charge is -2.21. The van der Waals surface area contributed by atoms with Crippen LogP contribution in [0.4, 0.5) is 0 Å². The smallest absolute Gasteiger partial charge is 0.243 e. The Bertz CT molecular complexity index is 589. The third-order valence-corrected chi connectivity index (χ3v) is 5.35. The van der Waals surface area contributed by atoms with Crippen molar-refractivity contribution in [2.45, 2.75) is 32.6 Å². The number of nitrogens with zero attached hydrogens (tertiary/aromatic N) is 1. The summed E-state index contributed by atoms with van der Waals surface area (Å²) < 4.78 is 26.2. The molecule has 0 unspecified atom stereocenters.